The van der Waals surface area contributed by atoms with Crippen molar-refractivity contribution in [2.75, 3.05) is 6.61 Å². The third-order valence-electron chi connectivity index (χ3n) is 2.41. The Hall–Kier alpha value is -1.71. The quantitative estimate of drug-likeness (QED) is 0.584. The van der Waals surface area contributed by atoms with Gasteiger partial charge in [0.15, 0.2) is 5.96 Å². The number of hydrogen-bond acceptors (Lipinski definition) is 2. The number of para-hydroxylation sites is 1. The Bertz CT molecular complexity index is 401. The van der Waals surface area contributed by atoms with Crippen LogP contribution in [0.3, 0.4) is 0 Å². The standard InChI is InChI=1S/C12H17N3O/c1-8(2)14-12(13)15-10-7-16-11-6-4-3-5-9(10)11/h3-6,8,10H,7H2,1-2H3,(H3,13,14,15). The average molecular weight is 219 g/mol. The predicted octanol–water partition coefficient (Wildman–Crippen LogP) is 1.43. The van der Waals surface area contributed by atoms with Crippen molar-refractivity contribution in [3.63, 3.8) is 0 Å². The SMILES string of the molecule is CC(C)NC(N)=NC1COc2ccccc21. The lowest BCUT2D eigenvalue weighted by Gasteiger charge is -2.10. The Morgan fingerprint density at radius 1 is 1.50 bits per heavy atom. The molecule has 0 bridgehead atoms. The fraction of sp³-hybridized carbons (Fsp3) is 0.417. The van der Waals surface area contributed by atoms with E-state index < -0.39 is 0 Å². The maximum Gasteiger partial charge on any atom is 0.189 e. The Balaban J connectivity index is 2.13. The minimum Gasteiger partial charge on any atom is -0.491 e. The van der Waals surface area contributed by atoms with E-state index in [0.717, 1.165) is 11.3 Å². The number of guanidine groups is 1. The number of nitrogens with zero attached hydrogens (tertiary/aromatic N) is 1. The second-order valence-corrected chi connectivity index (χ2v) is 4.18. The van der Waals surface area contributed by atoms with Crippen LogP contribution in [0.1, 0.15) is 25.5 Å². The van der Waals surface area contributed by atoms with E-state index in [-0.39, 0.29) is 6.04 Å². The van der Waals surface area contributed by atoms with Crippen LogP contribution in [-0.2, 0) is 0 Å². The van der Waals surface area contributed by atoms with E-state index in [0.29, 0.717) is 18.6 Å². The molecule has 0 aromatic heterocycles. The smallest absolute Gasteiger partial charge is 0.189 e. The number of benzene rings is 1. The number of ether oxygens (including phenoxy) is 1. The van der Waals surface area contributed by atoms with Crippen LogP contribution in [0.25, 0.3) is 0 Å². The van der Waals surface area contributed by atoms with Gasteiger partial charge in [0.1, 0.15) is 18.4 Å². The summed E-state index contributed by atoms with van der Waals surface area (Å²) < 4.78 is 5.53. The fourth-order valence-electron chi connectivity index (χ4n) is 1.75. The molecule has 86 valence electrons. The lowest BCUT2D eigenvalue weighted by Crippen LogP contribution is -2.37. The second kappa shape index (κ2) is 4.43. The summed E-state index contributed by atoms with van der Waals surface area (Å²) in [5.41, 5.74) is 6.90. The third kappa shape index (κ3) is 2.27. The molecule has 1 aromatic rings. The Morgan fingerprint density at radius 2 is 2.25 bits per heavy atom. The molecule has 0 amide bonds. The highest BCUT2D eigenvalue weighted by Gasteiger charge is 2.23. The molecule has 1 aliphatic rings. The maximum absolute atomic E-state index is 5.79. The van der Waals surface area contributed by atoms with Gasteiger partial charge >= 0.3 is 0 Å². The highest BCUT2D eigenvalue weighted by Crippen LogP contribution is 2.33. The van der Waals surface area contributed by atoms with E-state index in [1.807, 2.05) is 38.1 Å². The molecule has 1 aliphatic heterocycles. The molecule has 0 saturated heterocycles. The molecule has 0 fully saturated rings. The first-order chi connectivity index (χ1) is 7.66. The van der Waals surface area contributed by atoms with Gasteiger partial charge in [0.05, 0.1) is 0 Å². The zero-order chi connectivity index (χ0) is 11.5. The molecule has 0 saturated carbocycles. The predicted molar refractivity (Wildman–Crippen MR) is 64.6 cm³/mol. The van der Waals surface area contributed by atoms with Gasteiger partial charge in [0.2, 0.25) is 0 Å². The summed E-state index contributed by atoms with van der Waals surface area (Å²) >= 11 is 0. The molecule has 0 aliphatic carbocycles. The highest BCUT2D eigenvalue weighted by molar-refractivity contribution is 5.78. The monoisotopic (exact) mass is 219 g/mol. The number of fused-ring (bicyclic) bond motifs is 1. The summed E-state index contributed by atoms with van der Waals surface area (Å²) in [5.74, 6) is 1.38. The van der Waals surface area contributed by atoms with E-state index in [9.17, 15) is 0 Å². The van der Waals surface area contributed by atoms with Gasteiger partial charge < -0.3 is 15.8 Å². The molecule has 4 heteroatoms. The first-order valence-electron chi connectivity index (χ1n) is 5.48. The zero-order valence-corrected chi connectivity index (χ0v) is 9.60. The molecule has 1 atom stereocenters. The fourth-order valence-corrected chi connectivity index (χ4v) is 1.75. The van der Waals surface area contributed by atoms with Crippen molar-refractivity contribution in [2.24, 2.45) is 10.7 Å². The molecular formula is C12H17N3O. The van der Waals surface area contributed by atoms with Crippen LogP contribution < -0.4 is 15.8 Å². The molecule has 1 aromatic carbocycles. The summed E-state index contributed by atoms with van der Waals surface area (Å²) in [6, 6.07) is 8.24. The van der Waals surface area contributed by atoms with E-state index in [2.05, 4.69) is 10.3 Å². The van der Waals surface area contributed by atoms with Crippen molar-refractivity contribution in [3.8, 4) is 5.75 Å². The Kier molecular flexibility index (Phi) is 2.99. The molecule has 2 rings (SSSR count). The number of hydrogen-bond donors (Lipinski definition) is 2. The molecule has 16 heavy (non-hydrogen) atoms. The van der Waals surface area contributed by atoms with Crippen molar-refractivity contribution in [1.82, 2.24) is 5.32 Å². The summed E-state index contributed by atoms with van der Waals surface area (Å²) in [6.45, 7) is 4.63. The summed E-state index contributed by atoms with van der Waals surface area (Å²) in [4.78, 5) is 4.42. The van der Waals surface area contributed by atoms with E-state index in [1.165, 1.54) is 0 Å². The Morgan fingerprint density at radius 3 is 3.00 bits per heavy atom. The topological polar surface area (TPSA) is 59.6 Å². The number of rotatable bonds is 2. The number of aliphatic imine (C=N–C) groups is 1. The van der Waals surface area contributed by atoms with Crippen LogP contribution in [0.5, 0.6) is 5.75 Å². The van der Waals surface area contributed by atoms with Gasteiger partial charge in [-0.3, -0.25) is 0 Å². The Labute approximate surface area is 95.5 Å². The molecular weight excluding hydrogens is 202 g/mol. The summed E-state index contributed by atoms with van der Waals surface area (Å²) in [5, 5.41) is 3.07. The van der Waals surface area contributed by atoms with Gasteiger partial charge in [-0.2, -0.15) is 0 Å². The normalized spacial score (nSPS) is 19.4. The number of nitrogens with one attached hydrogen (secondary N) is 1. The van der Waals surface area contributed by atoms with Crippen LogP contribution in [0.15, 0.2) is 29.3 Å². The molecule has 3 N–H and O–H groups in total. The second-order valence-electron chi connectivity index (χ2n) is 4.18. The summed E-state index contributed by atoms with van der Waals surface area (Å²) in [6.07, 6.45) is 0. The third-order valence-corrected chi connectivity index (χ3v) is 2.41. The largest absolute Gasteiger partial charge is 0.491 e. The van der Waals surface area contributed by atoms with Gasteiger partial charge in [0.25, 0.3) is 0 Å². The molecule has 0 spiro atoms. The van der Waals surface area contributed by atoms with E-state index in [4.69, 9.17) is 10.5 Å². The lowest BCUT2D eigenvalue weighted by atomic mass is 10.1. The van der Waals surface area contributed by atoms with Crippen molar-refractivity contribution in [2.45, 2.75) is 25.9 Å². The van der Waals surface area contributed by atoms with Gasteiger partial charge in [-0.15, -0.1) is 0 Å². The summed E-state index contributed by atoms with van der Waals surface area (Å²) in [7, 11) is 0. The zero-order valence-electron chi connectivity index (χ0n) is 9.60. The van der Waals surface area contributed by atoms with Crippen molar-refractivity contribution in [1.29, 1.82) is 0 Å². The molecule has 4 nitrogen and oxygen atoms in total. The van der Waals surface area contributed by atoms with Crippen LogP contribution >= 0.6 is 0 Å². The first-order valence-corrected chi connectivity index (χ1v) is 5.48. The first kappa shape index (κ1) is 10.8. The van der Waals surface area contributed by atoms with Gasteiger partial charge in [-0.25, -0.2) is 4.99 Å². The highest BCUT2D eigenvalue weighted by atomic mass is 16.5. The maximum atomic E-state index is 5.79. The lowest BCUT2D eigenvalue weighted by molar-refractivity contribution is 0.333. The minimum atomic E-state index is 0.0162. The van der Waals surface area contributed by atoms with Gasteiger partial charge in [0, 0.05) is 11.6 Å². The number of nitrogens with two attached hydrogens (primary N) is 1. The van der Waals surface area contributed by atoms with Crippen molar-refractivity contribution >= 4 is 5.96 Å². The van der Waals surface area contributed by atoms with Crippen LogP contribution in [0.4, 0.5) is 0 Å². The van der Waals surface area contributed by atoms with Crippen molar-refractivity contribution in [3.05, 3.63) is 29.8 Å². The molecule has 0 radical (unpaired) electrons. The van der Waals surface area contributed by atoms with Crippen LogP contribution in [-0.4, -0.2) is 18.6 Å². The molecule has 1 unspecified atom stereocenters. The van der Waals surface area contributed by atoms with Gasteiger partial charge in [-0.1, -0.05) is 18.2 Å². The minimum absolute atomic E-state index is 0.0162. The van der Waals surface area contributed by atoms with E-state index >= 15 is 0 Å². The van der Waals surface area contributed by atoms with Crippen molar-refractivity contribution < 1.29 is 4.74 Å². The van der Waals surface area contributed by atoms with Crippen LogP contribution in [0.2, 0.25) is 0 Å². The van der Waals surface area contributed by atoms with E-state index in [1.54, 1.807) is 0 Å². The molecule has 1 heterocycles. The van der Waals surface area contributed by atoms with Crippen LogP contribution in [0, 0.1) is 0 Å². The van der Waals surface area contributed by atoms with Gasteiger partial charge in [-0.05, 0) is 19.9 Å². The average Bonchev–Trinajstić information content (AvgIpc) is 2.61.